The highest BCUT2D eigenvalue weighted by Gasteiger charge is 2.37. The van der Waals surface area contributed by atoms with Gasteiger partial charge < -0.3 is 9.47 Å². The molecule has 20 heavy (non-hydrogen) atoms. The van der Waals surface area contributed by atoms with Crippen molar-refractivity contribution in [1.82, 2.24) is 5.32 Å². The molecule has 1 unspecified atom stereocenters. The number of nitrogens with one attached hydrogen (secondary N) is 1. The molecule has 0 saturated carbocycles. The van der Waals surface area contributed by atoms with E-state index in [0.717, 1.165) is 11.3 Å². The first kappa shape index (κ1) is 16.5. The maximum absolute atomic E-state index is 12.3. The Balaban J connectivity index is 3.06. The molecule has 1 aromatic rings. The van der Waals surface area contributed by atoms with Crippen LogP contribution in [0.4, 0.5) is 0 Å². The number of hydrogen-bond acceptors (Lipinski definition) is 4. The van der Waals surface area contributed by atoms with E-state index < -0.39 is 5.54 Å². The molecule has 1 atom stereocenters. The van der Waals surface area contributed by atoms with Gasteiger partial charge in [0, 0.05) is 6.04 Å². The first-order valence-electron chi connectivity index (χ1n) is 7.12. The van der Waals surface area contributed by atoms with Crippen LogP contribution in [0.2, 0.25) is 0 Å². The van der Waals surface area contributed by atoms with E-state index >= 15 is 0 Å². The molecule has 0 aliphatic rings. The van der Waals surface area contributed by atoms with E-state index in [9.17, 15) is 4.79 Å². The lowest BCUT2D eigenvalue weighted by Crippen LogP contribution is -2.50. The van der Waals surface area contributed by atoms with Crippen molar-refractivity contribution in [2.24, 2.45) is 0 Å². The molecule has 4 nitrogen and oxygen atoms in total. The minimum atomic E-state index is -0.852. The number of benzene rings is 1. The summed E-state index contributed by atoms with van der Waals surface area (Å²) in [6, 6.07) is 7.71. The standard InChI is InChI=1S/C16H25NO3/c1-6-19-14-10-8-13(9-11-14)16(5,17-12(3)4)15(18)20-7-2/h8-12,17H,6-7H2,1-5H3. The zero-order valence-corrected chi connectivity index (χ0v) is 13.0. The highest BCUT2D eigenvalue weighted by atomic mass is 16.5. The fourth-order valence-electron chi connectivity index (χ4n) is 2.16. The van der Waals surface area contributed by atoms with Crippen molar-refractivity contribution in [2.75, 3.05) is 13.2 Å². The topological polar surface area (TPSA) is 47.6 Å². The summed E-state index contributed by atoms with van der Waals surface area (Å²) in [5.74, 6) is 0.532. The van der Waals surface area contributed by atoms with Gasteiger partial charge in [0.15, 0.2) is 0 Å². The molecule has 0 heterocycles. The Hall–Kier alpha value is -1.55. The van der Waals surface area contributed by atoms with Crippen molar-refractivity contribution in [3.8, 4) is 5.75 Å². The van der Waals surface area contributed by atoms with Gasteiger partial charge in [-0.15, -0.1) is 0 Å². The second-order valence-electron chi connectivity index (χ2n) is 5.10. The molecule has 0 aliphatic carbocycles. The smallest absolute Gasteiger partial charge is 0.330 e. The van der Waals surface area contributed by atoms with E-state index in [1.165, 1.54) is 0 Å². The summed E-state index contributed by atoms with van der Waals surface area (Å²) >= 11 is 0. The number of hydrogen-bond donors (Lipinski definition) is 1. The predicted octanol–water partition coefficient (Wildman–Crippen LogP) is 2.86. The summed E-state index contributed by atoms with van der Waals surface area (Å²) in [5, 5.41) is 3.29. The third kappa shape index (κ3) is 3.97. The highest BCUT2D eigenvalue weighted by molar-refractivity contribution is 5.82. The van der Waals surface area contributed by atoms with Gasteiger partial charge in [0.05, 0.1) is 13.2 Å². The van der Waals surface area contributed by atoms with Gasteiger partial charge in [-0.05, 0) is 52.3 Å². The lowest BCUT2D eigenvalue weighted by Gasteiger charge is -2.31. The van der Waals surface area contributed by atoms with Crippen LogP contribution in [0.1, 0.15) is 40.2 Å². The van der Waals surface area contributed by atoms with E-state index in [0.29, 0.717) is 13.2 Å². The molecule has 112 valence electrons. The van der Waals surface area contributed by atoms with Crippen molar-refractivity contribution in [2.45, 2.75) is 46.2 Å². The summed E-state index contributed by atoms with van der Waals surface area (Å²) in [5.41, 5.74) is 0.0164. The quantitative estimate of drug-likeness (QED) is 0.780. The molecular formula is C16H25NO3. The molecule has 1 aromatic carbocycles. The first-order valence-corrected chi connectivity index (χ1v) is 7.12. The summed E-state index contributed by atoms with van der Waals surface area (Å²) in [6.45, 7) is 10.6. The Bertz CT molecular complexity index is 428. The van der Waals surface area contributed by atoms with Gasteiger partial charge in [-0.3, -0.25) is 5.32 Å². The number of rotatable bonds is 7. The van der Waals surface area contributed by atoms with Gasteiger partial charge in [0.1, 0.15) is 11.3 Å². The molecule has 0 saturated heterocycles. The summed E-state index contributed by atoms with van der Waals surface area (Å²) in [4.78, 5) is 12.3. The minimum Gasteiger partial charge on any atom is -0.494 e. The molecular weight excluding hydrogens is 254 g/mol. The lowest BCUT2D eigenvalue weighted by atomic mass is 9.91. The van der Waals surface area contributed by atoms with E-state index in [-0.39, 0.29) is 12.0 Å². The normalized spacial score (nSPS) is 13.9. The number of esters is 1. The van der Waals surface area contributed by atoms with Crippen LogP contribution in [0.5, 0.6) is 5.75 Å². The number of carbonyl (C=O) groups is 1. The van der Waals surface area contributed by atoms with Crippen molar-refractivity contribution in [3.05, 3.63) is 29.8 Å². The van der Waals surface area contributed by atoms with Crippen molar-refractivity contribution < 1.29 is 14.3 Å². The van der Waals surface area contributed by atoms with Gasteiger partial charge >= 0.3 is 5.97 Å². The van der Waals surface area contributed by atoms with Crippen LogP contribution < -0.4 is 10.1 Å². The molecule has 0 spiro atoms. The number of ether oxygens (including phenoxy) is 2. The molecule has 0 aromatic heterocycles. The van der Waals surface area contributed by atoms with Gasteiger partial charge in [0.25, 0.3) is 0 Å². The van der Waals surface area contributed by atoms with E-state index in [1.54, 1.807) is 0 Å². The van der Waals surface area contributed by atoms with Crippen LogP contribution in [0, 0.1) is 0 Å². The molecule has 1 N–H and O–H groups in total. The third-order valence-corrected chi connectivity index (χ3v) is 3.00. The van der Waals surface area contributed by atoms with E-state index in [1.807, 2.05) is 58.9 Å². The Labute approximate surface area is 121 Å². The second-order valence-corrected chi connectivity index (χ2v) is 5.10. The van der Waals surface area contributed by atoms with Crippen molar-refractivity contribution >= 4 is 5.97 Å². The fourth-order valence-corrected chi connectivity index (χ4v) is 2.16. The Morgan fingerprint density at radius 3 is 2.25 bits per heavy atom. The fraction of sp³-hybridized carbons (Fsp3) is 0.562. The van der Waals surface area contributed by atoms with Crippen LogP contribution in [0.25, 0.3) is 0 Å². The van der Waals surface area contributed by atoms with E-state index in [4.69, 9.17) is 9.47 Å². The van der Waals surface area contributed by atoms with Gasteiger partial charge in [-0.2, -0.15) is 0 Å². The molecule has 0 radical (unpaired) electrons. The van der Waals surface area contributed by atoms with Crippen LogP contribution in [0.15, 0.2) is 24.3 Å². The molecule has 0 amide bonds. The van der Waals surface area contributed by atoms with Crippen molar-refractivity contribution in [3.63, 3.8) is 0 Å². The molecule has 0 fully saturated rings. The first-order chi connectivity index (χ1) is 9.43. The highest BCUT2D eigenvalue weighted by Crippen LogP contribution is 2.25. The zero-order chi connectivity index (χ0) is 15.2. The Morgan fingerprint density at radius 1 is 1.20 bits per heavy atom. The predicted molar refractivity (Wildman–Crippen MR) is 79.9 cm³/mol. The SMILES string of the molecule is CCOC(=O)C(C)(NC(C)C)c1ccc(OCC)cc1. The summed E-state index contributed by atoms with van der Waals surface area (Å²) in [7, 11) is 0. The average Bonchev–Trinajstić information content (AvgIpc) is 2.39. The average molecular weight is 279 g/mol. The van der Waals surface area contributed by atoms with Gasteiger partial charge in [-0.25, -0.2) is 4.79 Å². The zero-order valence-electron chi connectivity index (χ0n) is 13.0. The number of carbonyl (C=O) groups excluding carboxylic acids is 1. The second kappa shape index (κ2) is 7.29. The largest absolute Gasteiger partial charge is 0.494 e. The molecule has 0 bridgehead atoms. The third-order valence-electron chi connectivity index (χ3n) is 3.00. The minimum absolute atomic E-state index is 0.163. The Morgan fingerprint density at radius 2 is 1.80 bits per heavy atom. The Kier molecular flexibility index (Phi) is 6.02. The monoisotopic (exact) mass is 279 g/mol. The molecule has 1 rings (SSSR count). The summed E-state index contributed by atoms with van der Waals surface area (Å²) in [6.07, 6.45) is 0. The summed E-state index contributed by atoms with van der Waals surface area (Å²) < 4.78 is 10.6. The van der Waals surface area contributed by atoms with Gasteiger partial charge in [0.2, 0.25) is 0 Å². The van der Waals surface area contributed by atoms with Gasteiger partial charge in [-0.1, -0.05) is 12.1 Å². The van der Waals surface area contributed by atoms with E-state index in [2.05, 4.69) is 5.32 Å². The van der Waals surface area contributed by atoms with Crippen LogP contribution in [0.3, 0.4) is 0 Å². The van der Waals surface area contributed by atoms with Crippen LogP contribution >= 0.6 is 0 Å². The molecule has 4 heteroatoms. The maximum atomic E-state index is 12.3. The van der Waals surface area contributed by atoms with Crippen molar-refractivity contribution in [1.29, 1.82) is 0 Å². The molecule has 0 aliphatic heterocycles. The van der Waals surface area contributed by atoms with Crippen LogP contribution in [-0.2, 0) is 15.1 Å². The lowest BCUT2D eigenvalue weighted by molar-refractivity contribution is -0.151. The maximum Gasteiger partial charge on any atom is 0.330 e. The van der Waals surface area contributed by atoms with Crippen LogP contribution in [-0.4, -0.2) is 25.2 Å².